The molecule has 0 saturated carbocycles. The minimum absolute atomic E-state index is 0.00126. The first kappa shape index (κ1) is 19.6. The number of nitrogens with zero attached hydrogens (tertiary/aromatic N) is 3. The van der Waals surface area contributed by atoms with Crippen LogP contribution in [0.3, 0.4) is 0 Å². The van der Waals surface area contributed by atoms with Crippen LogP contribution in [0.25, 0.3) is 10.9 Å². The Hall–Kier alpha value is -1.72. The molecule has 0 radical (unpaired) electrons. The molecular weight excluding hydrogens is 348 g/mol. The van der Waals surface area contributed by atoms with E-state index in [4.69, 9.17) is 14.7 Å². The summed E-state index contributed by atoms with van der Waals surface area (Å²) in [5.41, 5.74) is 3.38. The highest BCUT2D eigenvalue weighted by Gasteiger charge is 2.30. The monoisotopic (exact) mass is 382 g/mol. The minimum Gasteiger partial charge on any atom is -0.375 e. The summed E-state index contributed by atoms with van der Waals surface area (Å²) in [6, 6.07) is 7.59. The summed E-state index contributed by atoms with van der Waals surface area (Å²) >= 11 is 0. The Balaban J connectivity index is 1.43. The lowest BCUT2D eigenvalue weighted by atomic mass is 9.93. The summed E-state index contributed by atoms with van der Waals surface area (Å²) in [7, 11) is 0. The number of ether oxygens (including phenoxy) is 1. The molecule has 3 heterocycles. The first-order valence-electron chi connectivity index (χ1n) is 10.8. The topological polar surface area (TPSA) is 50.3 Å². The molecule has 0 spiro atoms. The van der Waals surface area contributed by atoms with E-state index in [1.807, 2.05) is 0 Å². The second kappa shape index (κ2) is 7.96. The predicted octanol–water partition coefficient (Wildman–Crippen LogP) is 4.15. The molecule has 152 valence electrons. The van der Waals surface area contributed by atoms with Crippen LogP contribution >= 0.6 is 0 Å². The first-order valence-corrected chi connectivity index (χ1v) is 10.8. The van der Waals surface area contributed by atoms with Crippen LogP contribution < -0.4 is 10.2 Å². The fourth-order valence-electron chi connectivity index (χ4n) is 4.69. The van der Waals surface area contributed by atoms with Gasteiger partial charge >= 0.3 is 0 Å². The molecule has 5 nitrogen and oxygen atoms in total. The van der Waals surface area contributed by atoms with Gasteiger partial charge in [-0.15, -0.1) is 0 Å². The summed E-state index contributed by atoms with van der Waals surface area (Å²) < 4.78 is 5.87. The molecule has 4 rings (SSSR count). The average molecular weight is 383 g/mol. The molecule has 28 heavy (non-hydrogen) atoms. The van der Waals surface area contributed by atoms with E-state index in [1.165, 1.54) is 18.4 Å². The third kappa shape index (κ3) is 4.47. The number of anilines is 1. The van der Waals surface area contributed by atoms with Crippen molar-refractivity contribution in [2.24, 2.45) is 0 Å². The number of nitrogens with one attached hydrogen (secondary N) is 1. The van der Waals surface area contributed by atoms with Crippen LogP contribution in [0, 0.1) is 13.8 Å². The molecule has 0 amide bonds. The van der Waals surface area contributed by atoms with Crippen molar-refractivity contribution in [3.63, 3.8) is 0 Å². The number of hydrogen-bond donors (Lipinski definition) is 1. The minimum atomic E-state index is 0.00126. The van der Waals surface area contributed by atoms with Gasteiger partial charge < -0.3 is 15.0 Å². The molecule has 2 aliphatic rings. The standard InChI is InChI=1S/C23H34N4O/c1-16-7-8-20-17(2)24-22(26-21(20)14-16)27-11-5-6-18(9-12-27)25-19-10-13-28-23(3,4)15-19/h7-8,14,18-19,25H,5-6,9-13,15H2,1-4H3/t18-,19+/m1/s1. The fourth-order valence-corrected chi connectivity index (χ4v) is 4.69. The Bertz CT molecular complexity index is 835. The number of fused-ring (bicyclic) bond motifs is 1. The zero-order valence-corrected chi connectivity index (χ0v) is 17.8. The van der Waals surface area contributed by atoms with E-state index in [1.54, 1.807) is 0 Å². The summed E-state index contributed by atoms with van der Waals surface area (Å²) in [5.74, 6) is 0.892. The molecule has 0 unspecified atom stereocenters. The Labute approximate surface area is 168 Å². The Morgan fingerprint density at radius 2 is 1.93 bits per heavy atom. The summed E-state index contributed by atoms with van der Waals surface area (Å²) in [6.45, 7) is 11.5. The maximum atomic E-state index is 5.87. The molecule has 1 aromatic heterocycles. The molecule has 2 atom stereocenters. The molecule has 2 fully saturated rings. The normalized spacial score (nSPS) is 25.6. The lowest BCUT2D eigenvalue weighted by Crippen LogP contribution is -2.47. The van der Waals surface area contributed by atoms with E-state index in [-0.39, 0.29) is 5.60 Å². The third-order valence-corrected chi connectivity index (χ3v) is 6.21. The van der Waals surface area contributed by atoms with Gasteiger partial charge in [-0.2, -0.15) is 0 Å². The van der Waals surface area contributed by atoms with Gasteiger partial charge in [0, 0.05) is 37.2 Å². The number of aryl methyl sites for hydroxylation is 2. The van der Waals surface area contributed by atoms with E-state index >= 15 is 0 Å². The smallest absolute Gasteiger partial charge is 0.226 e. The van der Waals surface area contributed by atoms with E-state index < -0.39 is 0 Å². The van der Waals surface area contributed by atoms with Crippen LogP contribution in [-0.4, -0.2) is 47.3 Å². The van der Waals surface area contributed by atoms with Crippen LogP contribution in [0.1, 0.15) is 57.2 Å². The molecule has 5 heteroatoms. The van der Waals surface area contributed by atoms with Crippen molar-refractivity contribution in [2.75, 3.05) is 24.6 Å². The van der Waals surface area contributed by atoms with Crippen molar-refractivity contribution in [3.8, 4) is 0 Å². The maximum Gasteiger partial charge on any atom is 0.226 e. The van der Waals surface area contributed by atoms with Gasteiger partial charge in [0.2, 0.25) is 5.95 Å². The van der Waals surface area contributed by atoms with Gasteiger partial charge in [0.15, 0.2) is 0 Å². The van der Waals surface area contributed by atoms with Gasteiger partial charge in [0.1, 0.15) is 0 Å². The van der Waals surface area contributed by atoms with Crippen LogP contribution in [-0.2, 0) is 4.74 Å². The van der Waals surface area contributed by atoms with Crippen LogP contribution in [0.15, 0.2) is 18.2 Å². The first-order chi connectivity index (χ1) is 13.4. The van der Waals surface area contributed by atoms with Crippen molar-refractivity contribution in [1.29, 1.82) is 0 Å². The van der Waals surface area contributed by atoms with Crippen molar-refractivity contribution in [1.82, 2.24) is 15.3 Å². The quantitative estimate of drug-likeness (QED) is 0.864. The van der Waals surface area contributed by atoms with Gasteiger partial charge in [0.25, 0.3) is 0 Å². The zero-order valence-electron chi connectivity index (χ0n) is 17.8. The average Bonchev–Trinajstić information content (AvgIpc) is 2.86. The summed E-state index contributed by atoms with van der Waals surface area (Å²) in [5, 5.41) is 5.08. The van der Waals surface area contributed by atoms with Gasteiger partial charge in [-0.3, -0.25) is 0 Å². The number of rotatable bonds is 3. The van der Waals surface area contributed by atoms with Gasteiger partial charge in [-0.25, -0.2) is 9.97 Å². The number of benzene rings is 1. The number of aromatic nitrogens is 2. The Morgan fingerprint density at radius 1 is 1.07 bits per heavy atom. The molecule has 1 N–H and O–H groups in total. The highest BCUT2D eigenvalue weighted by Crippen LogP contribution is 2.26. The zero-order chi connectivity index (χ0) is 19.7. The van der Waals surface area contributed by atoms with Gasteiger partial charge in [0.05, 0.1) is 16.8 Å². The summed E-state index contributed by atoms with van der Waals surface area (Å²) in [4.78, 5) is 12.1. The molecule has 2 aliphatic heterocycles. The van der Waals surface area contributed by atoms with Crippen molar-refractivity contribution < 1.29 is 4.74 Å². The van der Waals surface area contributed by atoms with Crippen molar-refractivity contribution in [3.05, 3.63) is 29.5 Å². The van der Waals surface area contributed by atoms with Crippen LogP contribution in [0.4, 0.5) is 5.95 Å². The van der Waals surface area contributed by atoms with Gasteiger partial charge in [-0.05, 0) is 71.4 Å². The highest BCUT2D eigenvalue weighted by atomic mass is 16.5. The number of hydrogen-bond acceptors (Lipinski definition) is 5. The molecule has 2 saturated heterocycles. The molecule has 1 aromatic carbocycles. The van der Waals surface area contributed by atoms with Crippen molar-refractivity contribution >= 4 is 16.9 Å². The maximum absolute atomic E-state index is 5.87. The molecule has 0 aliphatic carbocycles. The SMILES string of the molecule is Cc1ccc2c(C)nc(N3CCC[C@@H](N[C@H]4CCOC(C)(C)C4)CC3)nc2c1. The van der Waals surface area contributed by atoms with E-state index in [9.17, 15) is 0 Å². The second-order valence-corrected chi connectivity index (χ2v) is 9.21. The molecule has 2 aromatic rings. The van der Waals surface area contributed by atoms with Crippen LogP contribution in [0.2, 0.25) is 0 Å². The van der Waals surface area contributed by atoms with Gasteiger partial charge in [-0.1, -0.05) is 12.1 Å². The van der Waals surface area contributed by atoms with E-state index in [0.717, 1.165) is 61.5 Å². The molecular formula is C23H34N4O. The second-order valence-electron chi connectivity index (χ2n) is 9.21. The van der Waals surface area contributed by atoms with Crippen molar-refractivity contribution in [2.45, 2.75) is 77.5 Å². The highest BCUT2D eigenvalue weighted by molar-refractivity contribution is 5.82. The Kier molecular flexibility index (Phi) is 5.57. The van der Waals surface area contributed by atoms with Crippen LogP contribution in [0.5, 0.6) is 0 Å². The lowest BCUT2D eigenvalue weighted by Gasteiger charge is -2.37. The van der Waals surface area contributed by atoms with E-state index in [0.29, 0.717) is 12.1 Å². The Morgan fingerprint density at radius 3 is 2.75 bits per heavy atom. The predicted molar refractivity (Wildman–Crippen MR) is 115 cm³/mol. The molecule has 0 bridgehead atoms. The fraction of sp³-hybridized carbons (Fsp3) is 0.652. The summed E-state index contributed by atoms with van der Waals surface area (Å²) in [6.07, 6.45) is 5.76. The third-order valence-electron chi connectivity index (χ3n) is 6.21. The van der Waals surface area contributed by atoms with E-state index in [2.05, 4.69) is 56.1 Å². The lowest BCUT2D eigenvalue weighted by molar-refractivity contribution is -0.0642. The largest absolute Gasteiger partial charge is 0.375 e.